The van der Waals surface area contributed by atoms with Crippen molar-refractivity contribution in [1.29, 1.82) is 0 Å². The Bertz CT molecular complexity index is 1680. The number of aryl methyl sites for hydroxylation is 1. The lowest BCUT2D eigenvalue weighted by atomic mass is 10.1. The monoisotopic (exact) mass is 544 g/mol. The van der Waals surface area contributed by atoms with E-state index in [1.165, 1.54) is 23.7 Å². The van der Waals surface area contributed by atoms with E-state index in [1.54, 1.807) is 12.3 Å². The topological polar surface area (TPSA) is 74.8 Å². The normalized spacial score (nSPS) is 11.3. The minimum atomic E-state index is -4.43. The largest absolute Gasteiger partial charge is 0.416 e. The number of hydrogen-bond donors (Lipinski definition) is 3. The zero-order valence-corrected chi connectivity index (χ0v) is 21.6. The molecule has 5 aromatic rings. The fourth-order valence-corrected chi connectivity index (χ4v) is 4.89. The van der Waals surface area contributed by atoms with Crippen molar-refractivity contribution in [3.8, 4) is 0 Å². The fourth-order valence-electron chi connectivity index (χ4n) is 3.91. The highest BCUT2D eigenvalue weighted by atomic mass is 32.1. The Balaban J connectivity index is 1.35. The first-order chi connectivity index (χ1) is 18.7. The molecular weight excluding hydrogens is 521 g/mol. The van der Waals surface area contributed by atoms with Crippen molar-refractivity contribution in [2.24, 2.45) is 0 Å². The molecule has 3 heterocycles. The second-order valence-corrected chi connectivity index (χ2v) is 9.58. The first-order valence-corrected chi connectivity index (χ1v) is 12.7. The van der Waals surface area contributed by atoms with E-state index in [0.29, 0.717) is 34.3 Å². The van der Waals surface area contributed by atoms with E-state index in [4.69, 9.17) is 0 Å². The second-order valence-electron chi connectivity index (χ2n) is 8.70. The molecule has 5 rings (SSSR count). The van der Waals surface area contributed by atoms with Gasteiger partial charge in [0.2, 0.25) is 0 Å². The quantitative estimate of drug-likeness (QED) is 0.182. The van der Waals surface area contributed by atoms with E-state index in [1.807, 2.05) is 48.7 Å². The third-order valence-electron chi connectivity index (χ3n) is 5.95. The van der Waals surface area contributed by atoms with Crippen molar-refractivity contribution in [3.63, 3.8) is 0 Å². The molecule has 3 N–H and O–H groups in total. The molecule has 0 amide bonds. The van der Waals surface area contributed by atoms with Crippen LogP contribution in [0, 0.1) is 6.92 Å². The summed E-state index contributed by atoms with van der Waals surface area (Å²) in [6, 6.07) is 16.2. The van der Waals surface area contributed by atoms with E-state index in [9.17, 15) is 13.2 Å². The Kier molecular flexibility index (Phi) is 7.03. The maximum atomic E-state index is 13.1. The maximum absolute atomic E-state index is 13.1. The molecule has 10 heteroatoms. The summed E-state index contributed by atoms with van der Waals surface area (Å²) in [7, 11) is 0. The van der Waals surface area contributed by atoms with Gasteiger partial charge in [0.15, 0.2) is 5.82 Å². The van der Waals surface area contributed by atoms with Crippen LogP contribution >= 0.6 is 11.3 Å². The lowest BCUT2D eigenvalue weighted by Crippen LogP contribution is -2.06. The minimum absolute atomic E-state index is 0.350. The molecule has 196 valence electrons. The summed E-state index contributed by atoms with van der Waals surface area (Å²) in [6.07, 6.45) is -1.23. The summed E-state index contributed by atoms with van der Waals surface area (Å²) >= 11 is 1.49. The summed E-state index contributed by atoms with van der Waals surface area (Å²) < 4.78 is 40.3. The number of nitrogens with zero attached hydrogens (tertiary/aromatic N) is 3. The lowest BCUT2D eigenvalue weighted by molar-refractivity contribution is -0.137. The maximum Gasteiger partial charge on any atom is 0.416 e. The Labute approximate surface area is 227 Å². The van der Waals surface area contributed by atoms with Crippen LogP contribution in [0.15, 0.2) is 91.7 Å². The molecule has 0 saturated carbocycles. The van der Waals surface area contributed by atoms with Crippen LogP contribution in [-0.2, 0) is 6.18 Å². The number of aromatic nitrogens is 3. The van der Waals surface area contributed by atoms with Crippen LogP contribution < -0.4 is 16.0 Å². The lowest BCUT2D eigenvalue weighted by Gasteiger charge is -2.16. The number of thiophene rings is 1. The van der Waals surface area contributed by atoms with E-state index >= 15 is 0 Å². The number of pyridine rings is 1. The molecule has 0 aliphatic rings. The van der Waals surface area contributed by atoms with Crippen LogP contribution in [0.1, 0.15) is 22.3 Å². The van der Waals surface area contributed by atoms with Crippen LogP contribution in [0.4, 0.5) is 36.2 Å². The molecule has 39 heavy (non-hydrogen) atoms. The smallest absolute Gasteiger partial charge is 0.355 e. The molecule has 6 nitrogen and oxygen atoms in total. The molecule has 0 bridgehead atoms. The third-order valence-corrected chi connectivity index (χ3v) is 6.92. The Morgan fingerprint density at radius 3 is 2.51 bits per heavy atom. The van der Waals surface area contributed by atoms with E-state index < -0.39 is 11.7 Å². The van der Waals surface area contributed by atoms with Gasteiger partial charge in [0.05, 0.1) is 15.8 Å². The fraction of sp³-hybridized carbons (Fsp3) is 0.0690. The number of rotatable bonds is 8. The molecule has 0 atom stereocenters. The SMILES string of the molecule is C=C(Nc1ccc(C)c(NC(=C)c2csc3c(Nc4ccccn4)ncnc23)c1)c1cccc(C(F)(F)F)c1. The van der Waals surface area contributed by atoms with Crippen LogP contribution in [0.25, 0.3) is 21.6 Å². The molecule has 0 aliphatic carbocycles. The summed E-state index contributed by atoms with van der Waals surface area (Å²) in [5.41, 5.74) is 4.59. The van der Waals surface area contributed by atoms with Crippen molar-refractivity contribution >= 4 is 56.0 Å². The highest BCUT2D eigenvalue weighted by molar-refractivity contribution is 7.18. The van der Waals surface area contributed by atoms with E-state index in [2.05, 4.69) is 44.1 Å². The zero-order valence-electron chi connectivity index (χ0n) is 20.8. The van der Waals surface area contributed by atoms with Gasteiger partial charge >= 0.3 is 6.18 Å². The summed E-state index contributed by atoms with van der Waals surface area (Å²) in [5, 5.41) is 11.7. The van der Waals surface area contributed by atoms with Gasteiger partial charge in [-0.2, -0.15) is 13.2 Å². The van der Waals surface area contributed by atoms with Gasteiger partial charge in [-0.25, -0.2) is 15.0 Å². The van der Waals surface area contributed by atoms with E-state index in [0.717, 1.165) is 39.2 Å². The molecule has 2 aromatic carbocycles. The molecule has 0 radical (unpaired) electrons. The number of alkyl halides is 3. The number of nitrogens with one attached hydrogen (secondary N) is 3. The summed E-state index contributed by atoms with van der Waals surface area (Å²) in [6.45, 7) is 10.1. The van der Waals surface area contributed by atoms with Crippen LogP contribution in [-0.4, -0.2) is 15.0 Å². The molecule has 0 spiro atoms. The first-order valence-electron chi connectivity index (χ1n) is 11.8. The zero-order chi connectivity index (χ0) is 27.6. The predicted molar refractivity (Wildman–Crippen MR) is 153 cm³/mol. The van der Waals surface area contributed by atoms with E-state index in [-0.39, 0.29) is 0 Å². The second kappa shape index (κ2) is 10.6. The van der Waals surface area contributed by atoms with Crippen molar-refractivity contribution in [2.75, 3.05) is 16.0 Å². The average molecular weight is 545 g/mol. The molecule has 0 fully saturated rings. The summed E-state index contributed by atoms with van der Waals surface area (Å²) in [4.78, 5) is 13.1. The van der Waals surface area contributed by atoms with Crippen molar-refractivity contribution < 1.29 is 13.2 Å². The Morgan fingerprint density at radius 2 is 1.74 bits per heavy atom. The van der Waals surface area contributed by atoms with Crippen molar-refractivity contribution in [2.45, 2.75) is 13.1 Å². The highest BCUT2D eigenvalue weighted by Crippen LogP contribution is 2.35. The highest BCUT2D eigenvalue weighted by Gasteiger charge is 2.30. The molecule has 3 aromatic heterocycles. The number of hydrogen-bond acceptors (Lipinski definition) is 7. The van der Waals surface area contributed by atoms with Crippen molar-refractivity contribution in [3.05, 3.63) is 114 Å². The Hall–Kier alpha value is -4.70. The number of anilines is 4. The number of fused-ring (bicyclic) bond motifs is 1. The standard InChI is InChI=1S/C29H23F3N6S/c1-17-10-11-22(36-18(2)20-7-6-8-21(13-20)29(30,31)32)14-24(17)37-19(3)23-15-39-27-26(23)34-16-35-28(27)38-25-9-4-5-12-33-25/h4-16,36-37H,2-3H2,1H3,(H,33,34,35,38). The van der Waals surface area contributed by atoms with Gasteiger partial charge in [-0.1, -0.05) is 37.4 Å². The molecular formula is C29H23F3N6S. The first kappa shape index (κ1) is 25.9. The van der Waals surface area contributed by atoms with Gasteiger partial charge in [-0.15, -0.1) is 11.3 Å². The molecule has 0 unspecified atom stereocenters. The number of halogens is 3. The van der Waals surface area contributed by atoms with Crippen molar-refractivity contribution in [1.82, 2.24) is 15.0 Å². The van der Waals surface area contributed by atoms with Crippen LogP contribution in [0.3, 0.4) is 0 Å². The van der Waals surface area contributed by atoms with Gasteiger partial charge in [0.25, 0.3) is 0 Å². The predicted octanol–water partition coefficient (Wildman–Crippen LogP) is 8.32. The molecule has 0 aliphatic heterocycles. The summed E-state index contributed by atoms with van der Waals surface area (Å²) in [5.74, 6) is 1.33. The van der Waals surface area contributed by atoms with Gasteiger partial charge in [-0.3, -0.25) is 0 Å². The van der Waals surface area contributed by atoms with Gasteiger partial charge < -0.3 is 16.0 Å². The average Bonchev–Trinajstić information content (AvgIpc) is 3.36. The number of benzene rings is 2. The van der Waals surface area contributed by atoms with Crippen LogP contribution in [0.5, 0.6) is 0 Å². The minimum Gasteiger partial charge on any atom is -0.355 e. The van der Waals surface area contributed by atoms with Gasteiger partial charge in [0.1, 0.15) is 12.1 Å². The van der Waals surface area contributed by atoms with Crippen LogP contribution in [0.2, 0.25) is 0 Å². The molecule has 0 saturated heterocycles. The van der Waals surface area contributed by atoms with Gasteiger partial charge in [-0.05, 0) is 54.4 Å². The third kappa shape index (κ3) is 5.75. The Morgan fingerprint density at radius 1 is 0.897 bits per heavy atom. The van der Waals surface area contributed by atoms with Gasteiger partial charge in [0, 0.05) is 39.9 Å².